The van der Waals surface area contributed by atoms with Crippen molar-refractivity contribution in [3.63, 3.8) is 0 Å². The fraction of sp³-hybridized carbons (Fsp3) is 0.300. The van der Waals surface area contributed by atoms with Gasteiger partial charge in [-0.1, -0.05) is 30.3 Å². The molecule has 1 aromatic rings. The second kappa shape index (κ2) is 5.09. The van der Waals surface area contributed by atoms with Crippen LogP contribution in [0.15, 0.2) is 30.3 Å². The van der Waals surface area contributed by atoms with Crippen LogP contribution in [0.3, 0.4) is 0 Å². The molecule has 1 aromatic carbocycles. The summed E-state index contributed by atoms with van der Waals surface area (Å²) in [6, 6.07) is 10.2. The Hall–Kier alpha value is -0.913. The maximum atomic E-state index is 10.7. The molecule has 1 saturated heterocycles. The van der Waals surface area contributed by atoms with Gasteiger partial charge in [0.15, 0.2) is 0 Å². The average Bonchev–Trinajstić information content (AvgIpc) is 2.53. The van der Waals surface area contributed by atoms with E-state index < -0.39 is 0 Å². The van der Waals surface area contributed by atoms with E-state index in [1.54, 1.807) is 0 Å². The fourth-order valence-corrected chi connectivity index (χ4v) is 1.43. The van der Waals surface area contributed by atoms with Crippen LogP contribution in [0.4, 0.5) is 4.79 Å². The Labute approximate surface area is 96.5 Å². The normalized spacial score (nSPS) is 19.4. The number of carbonyl (C=O) groups excluding carboxylic acids is 1. The van der Waals surface area contributed by atoms with Crippen LogP contribution in [-0.4, -0.2) is 18.7 Å². The van der Waals surface area contributed by atoms with E-state index in [1.165, 1.54) is 5.56 Å². The van der Waals surface area contributed by atoms with E-state index in [0.29, 0.717) is 6.61 Å². The summed E-state index contributed by atoms with van der Waals surface area (Å²) < 4.78 is 4.79. The van der Waals surface area contributed by atoms with Gasteiger partial charge in [0.05, 0.1) is 6.04 Å². The van der Waals surface area contributed by atoms with Crippen molar-refractivity contribution in [3.8, 4) is 0 Å². The Morgan fingerprint density at radius 3 is 2.71 bits per heavy atom. The van der Waals surface area contributed by atoms with Crippen molar-refractivity contribution in [2.75, 3.05) is 6.61 Å². The third kappa shape index (κ3) is 2.80. The summed E-state index contributed by atoms with van der Waals surface area (Å²) in [7, 11) is 0. The van der Waals surface area contributed by atoms with Crippen LogP contribution in [0.5, 0.6) is 0 Å². The number of cyclic esters (lactones) is 1. The molecule has 2 rings (SSSR count). The number of rotatable bonds is 2. The summed E-state index contributed by atoms with van der Waals surface area (Å²) in [6.07, 6.45) is 0.535. The van der Waals surface area contributed by atoms with Gasteiger partial charge in [0.2, 0.25) is 0 Å². The number of amides is 1. The van der Waals surface area contributed by atoms with Gasteiger partial charge < -0.3 is 11.5 Å². The Morgan fingerprint density at radius 1 is 1.43 bits per heavy atom. The number of hydrogen-bond donors (Lipinski definition) is 1. The average molecular weight is 185 g/mol. The molecule has 0 spiro atoms. The van der Waals surface area contributed by atoms with Crippen molar-refractivity contribution in [1.82, 2.24) is 5.32 Å². The minimum Gasteiger partial charge on any atom is -1.00 e. The minimum absolute atomic E-state index is 0. The molecule has 1 aliphatic heterocycles. The van der Waals surface area contributed by atoms with Crippen LogP contribution < -0.4 is 24.2 Å². The predicted octanol–water partition coefficient (Wildman–Crippen LogP) is -1.55. The zero-order chi connectivity index (χ0) is 9.10. The first kappa shape index (κ1) is 11.2. The molecule has 3 nitrogen and oxygen atoms in total. The van der Waals surface area contributed by atoms with E-state index >= 15 is 0 Å². The van der Waals surface area contributed by atoms with Gasteiger partial charge in [0, 0.05) is 0 Å². The third-order valence-electron chi connectivity index (χ3n) is 2.06. The standard InChI is InChI=1S/C10H11NO2.Li.H/c12-10-11-9(7-13-10)6-8-4-2-1-3-5-8;;/h1-5,9H,6-7H2,(H,11,12);;/q;+1;-1/t9-;;/m0../s1. The Kier molecular flexibility index (Phi) is 4.06. The molecule has 0 radical (unpaired) electrons. The topological polar surface area (TPSA) is 38.3 Å². The first-order valence-electron chi connectivity index (χ1n) is 4.32. The van der Waals surface area contributed by atoms with E-state index in [1.807, 2.05) is 30.3 Å². The largest absolute Gasteiger partial charge is 1.00 e. The molecule has 1 amide bonds. The second-order valence-electron chi connectivity index (χ2n) is 3.13. The molecule has 0 unspecified atom stereocenters. The zero-order valence-electron chi connectivity index (χ0n) is 9.19. The SMILES string of the molecule is O=C1N[C@@H](Cc2ccccc2)CO1.[H-].[Li+]. The Balaban J connectivity index is 0.000000980. The van der Waals surface area contributed by atoms with Crippen LogP contribution in [0.1, 0.15) is 6.99 Å². The fourth-order valence-electron chi connectivity index (χ4n) is 1.43. The summed E-state index contributed by atoms with van der Waals surface area (Å²) in [5.74, 6) is 0. The van der Waals surface area contributed by atoms with Crippen LogP contribution >= 0.6 is 0 Å². The maximum Gasteiger partial charge on any atom is 1.00 e. The number of nitrogens with one attached hydrogen (secondary N) is 1. The molecule has 0 aliphatic carbocycles. The number of carbonyl (C=O) groups is 1. The molecule has 70 valence electrons. The summed E-state index contributed by atoms with van der Waals surface area (Å²) in [6.45, 7) is 0.480. The number of alkyl carbamates (subject to hydrolysis) is 1. The summed E-state index contributed by atoms with van der Waals surface area (Å²) in [4.78, 5) is 10.7. The monoisotopic (exact) mass is 185 g/mol. The molecule has 0 aromatic heterocycles. The molecule has 1 aliphatic rings. The van der Waals surface area contributed by atoms with Gasteiger partial charge in [-0.05, 0) is 12.0 Å². The van der Waals surface area contributed by atoms with Gasteiger partial charge in [-0.3, -0.25) is 0 Å². The molecular weight excluding hydrogens is 173 g/mol. The Bertz CT molecular complexity index is 308. The van der Waals surface area contributed by atoms with Gasteiger partial charge in [-0.15, -0.1) is 0 Å². The van der Waals surface area contributed by atoms with Crippen LogP contribution in [-0.2, 0) is 11.2 Å². The molecule has 1 fully saturated rings. The van der Waals surface area contributed by atoms with Crippen molar-refractivity contribution >= 4 is 6.09 Å². The number of hydrogen-bond acceptors (Lipinski definition) is 2. The quantitative estimate of drug-likeness (QED) is 0.567. The molecule has 1 atom stereocenters. The van der Waals surface area contributed by atoms with Gasteiger partial charge in [0.1, 0.15) is 6.61 Å². The van der Waals surface area contributed by atoms with Crippen molar-refractivity contribution in [3.05, 3.63) is 35.9 Å². The third-order valence-corrected chi connectivity index (χ3v) is 2.06. The number of benzene rings is 1. The van der Waals surface area contributed by atoms with Gasteiger partial charge in [0.25, 0.3) is 0 Å². The van der Waals surface area contributed by atoms with Gasteiger partial charge in [-0.25, -0.2) is 4.79 Å². The minimum atomic E-state index is -0.305. The summed E-state index contributed by atoms with van der Waals surface area (Å²) >= 11 is 0. The molecule has 0 saturated carbocycles. The molecule has 1 N–H and O–H groups in total. The van der Waals surface area contributed by atoms with E-state index in [4.69, 9.17) is 4.74 Å². The summed E-state index contributed by atoms with van der Waals surface area (Å²) in [5.41, 5.74) is 1.22. The van der Waals surface area contributed by atoms with Crippen molar-refractivity contribution in [2.24, 2.45) is 0 Å². The molecule has 4 heteroatoms. The molecular formula is C10H12LiNO2. The smallest absolute Gasteiger partial charge is 1.00 e. The molecule has 1 heterocycles. The predicted molar refractivity (Wildman–Crippen MR) is 49.5 cm³/mol. The zero-order valence-corrected chi connectivity index (χ0v) is 8.19. The van der Waals surface area contributed by atoms with Crippen LogP contribution in [0.25, 0.3) is 0 Å². The molecule has 0 bridgehead atoms. The second-order valence-corrected chi connectivity index (χ2v) is 3.13. The van der Waals surface area contributed by atoms with Crippen molar-refractivity contribution in [1.29, 1.82) is 0 Å². The Morgan fingerprint density at radius 2 is 2.14 bits per heavy atom. The van der Waals surface area contributed by atoms with Crippen LogP contribution in [0.2, 0.25) is 0 Å². The maximum absolute atomic E-state index is 10.7. The first-order chi connectivity index (χ1) is 6.34. The summed E-state index contributed by atoms with van der Waals surface area (Å²) in [5, 5.41) is 2.74. The van der Waals surface area contributed by atoms with E-state index in [0.717, 1.165) is 6.42 Å². The van der Waals surface area contributed by atoms with Gasteiger partial charge >= 0.3 is 25.0 Å². The number of ether oxygens (including phenoxy) is 1. The van der Waals surface area contributed by atoms with Crippen LogP contribution in [0, 0.1) is 0 Å². The van der Waals surface area contributed by atoms with Crippen molar-refractivity contribution < 1.29 is 29.8 Å². The van der Waals surface area contributed by atoms with Crippen molar-refractivity contribution in [2.45, 2.75) is 12.5 Å². The molecule has 14 heavy (non-hydrogen) atoms. The van der Waals surface area contributed by atoms with Gasteiger partial charge in [-0.2, -0.15) is 0 Å². The van der Waals surface area contributed by atoms with E-state index in [9.17, 15) is 4.79 Å². The van der Waals surface area contributed by atoms with E-state index in [-0.39, 0.29) is 32.4 Å². The first-order valence-corrected chi connectivity index (χ1v) is 4.32. The van der Waals surface area contributed by atoms with E-state index in [2.05, 4.69) is 5.32 Å².